The van der Waals surface area contributed by atoms with Gasteiger partial charge in [-0.3, -0.25) is 9.59 Å². The summed E-state index contributed by atoms with van der Waals surface area (Å²) in [5.74, 6) is -2.77. The van der Waals surface area contributed by atoms with Crippen LogP contribution in [-0.4, -0.2) is 25.2 Å². The number of hydrogen-bond donors (Lipinski definition) is 1. The van der Waals surface area contributed by atoms with E-state index in [4.69, 9.17) is 4.74 Å². The summed E-state index contributed by atoms with van der Waals surface area (Å²) < 4.78 is 4.77. The summed E-state index contributed by atoms with van der Waals surface area (Å²) in [6, 6.07) is 9.58. The van der Waals surface area contributed by atoms with E-state index in [1.54, 1.807) is 6.26 Å². The Morgan fingerprint density at radius 3 is 2.64 bits per heavy atom. The van der Waals surface area contributed by atoms with Crippen molar-refractivity contribution in [3.05, 3.63) is 46.0 Å². The highest BCUT2D eigenvalue weighted by Gasteiger charge is 2.44. The van der Waals surface area contributed by atoms with Crippen molar-refractivity contribution in [3.8, 4) is 6.07 Å². The number of ether oxygens (including phenoxy) is 1. The summed E-state index contributed by atoms with van der Waals surface area (Å²) >= 11 is 1.28. The molecule has 0 radical (unpaired) electrons. The average molecular weight is 316 g/mol. The molecule has 0 saturated heterocycles. The lowest BCUT2D eigenvalue weighted by molar-refractivity contribution is -0.150. The molecule has 1 aliphatic heterocycles. The number of methoxy groups -OCH3 is 1. The Labute approximate surface area is 133 Å². The fourth-order valence-corrected chi connectivity index (χ4v) is 3.23. The fourth-order valence-electron chi connectivity index (χ4n) is 2.64. The quantitative estimate of drug-likeness (QED) is 0.682. The topological polar surface area (TPSA) is 79.2 Å². The first kappa shape index (κ1) is 16.1. The Hall–Kier alpha value is -2.26. The molecule has 1 amide bonds. The second-order valence-corrected chi connectivity index (χ2v) is 5.70. The fraction of sp³-hybridized carbons (Fsp3) is 0.312. The Kier molecular flexibility index (Phi) is 4.88. The van der Waals surface area contributed by atoms with Crippen LogP contribution in [-0.2, 0) is 14.3 Å². The zero-order valence-corrected chi connectivity index (χ0v) is 13.4. The molecule has 1 heterocycles. The summed E-state index contributed by atoms with van der Waals surface area (Å²) in [6.07, 6.45) is 1.78. The Morgan fingerprint density at radius 1 is 1.41 bits per heavy atom. The van der Waals surface area contributed by atoms with E-state index >= 15 is 0 Å². The second kappa shape index (κ2) is 6.67. The van der Waals surface area contributed by atoms with Crippen LogP contribution in [0, 0.1) is 24.2 Å². The largest absolute Gasteiger partial charge is 0.468 e. The zero-order chi connectivity index (χ0) is 16.3. The molecule has 0 unspecified atom stereocenters. The lowest BCUT2D eigenvalue weighted by Gasteiger charge is -2.31. The number of carbonyl (C=O) groups excluding carboxylic acids is 2. The molecule has 0 bridgehead atoms. The maximum atomic E-state index is 12.4. The molecule has 114 valence electrons. The van der Waals surface area contributed by atoms with Crippen LogP contribution in [0.15, 0.2) is 34.9 Å². The van der Waals surface area contributed by atoms with Gasteiger partial charge >= 0.3 is 5.97 Å². The molecule has 0 spiro atoms. The number of thioether (sulfide) groups is 1. The number of aryl methyl sites for hydroxylation is 1. The van der Waals surface area contributed by atoms with E-state index in [1.807, 2.05) is 31.2 Å². The van der Waals surface area contributed by atoms with Crippen molar-refractivity contribution in [1.82, 2.24) is 5.32 Å². The lowest BCUT2D eigenvalue weighted by Crippen LogP contribution is -2.44. The van der Waals surface area contributed by atoms with Crippen molar-refractivity contribution in [2.24, 2.45) is 5.92 Å². The van der Waals surface area contributed by atoms with Crippen molar-refractivity contribution < 1.29 is 14.3 Å². The molecule has 1 aliphatic rings. The molecule has 0 aromatic heterocycles. The number of hydrogen-bond acceptors (Lipinski definition) is 5. The molecule has 1 aromatic carbocycles. The number of nitrogens with one attached hydrogen (secondary N) is 1. The number of nitrogens with zero attached hydrogens (tertiary/aromatic N) is 1. The third-order valence-corrected chi connectivity index (χ3v) is 4.44. The van der Waals surface area contributed by atoms with E-state index in [1.165, 1.54) is 18.9 Å². The summed E-state index contributed by atoms with van der Waals surface area (Å²) in [5.41, 5.74) is 2.09. The van der Waals surface area contributed by atoms with Crippen LogP contribution in [0.3, 0.4) is 0 Å². The summed E-state index contributed by atoms with van der Waals surface area (Å²) in [7, 11) is 1.24. The third-order valence-electron chi connectivity index (χ3n) is 3.71. The minimum Gasteiger partial charge on any atom is -0.468 e. The van der Waals surface area contributed by atoms with Crippen molar-refractivity contribution >= 4 is 23.6 Å². The van der Waals surface area contributed by atoms with Crippen LogP contribution in [0.25, 0.3) is 0 Å². The van der Waals surface area contributed by atoms with E-state index in [0.717, 1.165) is 11.1 Å². The predicted molar refractivity (Wildman–Crippen MR) is 83.7 cm³/mol. The van der Waals surface area contributed by atoms with Gasteiger partial charge in [0.05, 0.1) is 23.8 Å². The van der Waals surface area contributed by atoms with Crippen LogP contribution < -0.4 is 5.32 Å². The highest BCUT2D eigenvalue weighted by Crippen LogP contribution is 2.40. The van der Waals surface area contributed by atoms with E-state index in [9.17, 15) is 14.9 Å². The Morgan fingerprint density at radius 2 is 2.09 bits per heavy atom. The smallest absolute Gasteiger partial charge is 0.319 e. The van der Waals surface area contributed by atoms with Crippen molar-refractivity contribution in [2.75, 3.05) is 13.4 Å². The van der Waals surface area contributed by atoms with Gasteiger partial charge in [0.15, 0.2) is 0 Å². The molecule has 0 fully saturated rings. The Balaban J connectivity index is 2.69. The van der Waals surface area contributed by atoms with Gasteiger partial charge in [-0.1, -0.05) is 24.3 Å². The Bertz CT molecular complexity index is 691. The van der Waals surface area contributed by atoms with Gasteiger partial charge in [0.25, 0.3) is 0 Å². The van der Waals surface area contributed by atoms with Crippen LogP contribution in [0.2, 0.25) is 0 Å². The molecule has 1 aromatic rings. The number of nitriles is 1. The second-order valence-electron chi connectivity index (χ2n) is 4.88. The molecule has 1 N–H and O–H groups in total. The number of rotatable bonds is 3. The highest BCUT2D eigenvalue weighted by atomic mass is 32.2. The summed E-state index contributed by atoms with van der Waals surface area (Å²) in [5, 5.41) is 12.7. The molecular weight excluding hydrogens is 300 g/mol. The zero-order valence-electron chi connectivity index (χ0n) is 12.5. The molecule has 22 heavy (non-hydrogen) atoms. The van der Waals surface area contributed by atoms with Crippen molar-refractivity contribution in [1.29, 1.82) is 5.26 Å². The highest BCUT2D eigenvalue weighted by molar-refractivity contribution is 8.02. The van der Waals surface area contributed by atoms with E-state index in [2.05, 4.69) is 11.4 Å². The lowest BCUT2D eigenvalue weighted by atomic mass is 9.77. The van der Waals surface area contributed by atoms with E-state index in [0.29, 0.717) is 10.6 Å². The van der Waals surface area contributed by atoms with Crippen LogP contribution in [0.5, 0.6) is 0 Å². The SMILES string of the molecule is COC(=O)[C@H]1C(=O)NC(SC)=C(C#N)[C@@H]1c1ccccc1C. The standard InChI is InChI=1S/C16H16N2O3S/c1-9-6-4-5-7-10(9)12-11(8-17)15(22-3)18-14(19)13(12)16(20)21-2/h4-7,12-13H,1-3H3,(H,18,19)/t12-,13+/m0/s1. The average Bonchev–Trinajstić information content (AvgIpc) is 2.53. The third kappa shape index (κ3) is 2.72. The van der Waals surface area contributed by atoms with Gasteiger partial charge in [-0.05, 0) is 24.3 Å². The van der Waals surface area contributed by atoms with E-state index < -0.39 is 23.7 Å². The van der Waals surface area contributed by atoms with Crippen LogP contribution >= 0.6 is 11.8 Å². The van der Waals surface area contributed by atoms with Gasteiger partial charge in [-0.15, -0.1) is 11.8 Å². The molecule has 6 heteroatoms. The van der Waals surface area contributed by atoms with Gasteiger partial charge in [-0.2, -0.15) is 5.26 Å². The van der Waals surface area contributed by atoms with Gasteiger partial charge < -0.3 is 10.1 Å². The van der Waals surface area contributed by atoms with E-state index in [-0.39, 0.29) is 0 Å². The van der Waals surface area contributed by atoms with Gasteiger partial charge in [0, 0.05) is 5.92 Å². The molecule has 2 rings (SSSR count). The number of carbonyl (C=O) groups is 2. The molecular formula is C16H16N2O3S. The maximum absolute atomic E-state index is 12.4. The molecule has 5 nitrogen and oxygen atoms in total. The number of esters is 1. The van der Waals surface area contributed by atoms with Crippen LogP contribution in [0.1, 0.15) is 17.0 Å². The van der Waals surface area contributed by atoms with Crippen LogP contribution in [0.4, 0.5) is 0 Å². The van der Waals surface area contributed by atoms with Crippen molar-refractivity contribution in [3.63, 3.8) is 0 Å². The van der Waals surface area contributed by atoms with Gasteiger partial charge in [-0.25, -0.2) is 0 Å². The summed E-state index contributed by atoms with van der Waals surface area (Å²) in [4.78, 5) is 24.5. The minimum atomic E-state index is -1.06. The first-order valence-electron chi connectivity index (χ1n) is 6.67. The molecule has 2 atom stereocenters. The molecule has 0 saturated carbocycles. The minimum absolute atomic E-state index is 0.386. The first-order valence-corrected chi connectivity index (χ1v) is 7.90. The normalized spacial score (nSPS) is 21.1. The predicted octanol–water partition coefficient (Wildman–Crippen LogP) is 2.10. The first-order chi connectivity index (χ1) is 10.5. The maximum Gasteiger partial charge on any atom is 0.319 e. The van der Waals surface area contributed by atoms with Gasteiger partial charge in [0.1, 0.15) is 5.92 Å². The number of amides is 1. The number of allylic oxidation sites excluding steroid dienone is 1. The van der Waals surface area contributed by atoms with Crippen molar-refractivity contribution in [2.45, 2.75) is 12.8 Å². The number of benzene rings is 1. The monoisotopic (exact) mass is 316 g/mol. The van der Waals surface area contributed by atoms with Gasteiger partial charge in [0.2, 0.25) is 5.91 Å². The summed E-state index contributed by atoms with van der Waals surface area (Å²) in [6.45, 7) is 1.89. The molecule has 0 aliphatic carbocycles.